The van der Waals surface area contributed by atoms with Gasteiger partial charge in [0.25, 0.3) is 0 Å². The van der Waals surface area contributed by atoms with Crippen molar-refractivity contribution in [3.8, 4) is 0 Å². The predicted octanol–water partition coefficient (Wildman–Crippen LogP) is -0.0156. The van der Waals surface area contributed by atoms with E-state index in [1.165, 1.54) is 0 Å². The molecule has 0 spiro atoms. The maximum atomic E-state index is 9.64. The molecule has 0 aromatic carbocycles. The van der Waals surface area contributed by atoms with Crippen molar-refractivity contribution in [3.05, 3.63) is 0 Å². The second-order valence-corrected chi connectivity index (χ2v) is 2.57. The lowest BCUT2D eigenvalue weighted by Gasteiger charge is -1.85. The first kappa shape index (κ1) is 20.6. The van der Waals surface area contributed by atoms with E-state index in [2.05, 4.69) is 0 Å². The molecule has 0 aromatic rings. The van der Waals surface area contributed by atoms with Crippen molar-refractivity contribution in [2.24, 2.45) is 0 Å². The fourth-order valence-corrected chi connectivity index (χ4v) is 0.428. The monoisotopic (exact) mass is 270 g/mol. The van der Waals surface area contributed by atoms with Crippen LogP contribution in [0.3, 0.4) is 0 Å². The topological polar surface area (TPSA) is 149 Å². The highest BCUT2D eigenvalue weighted by Gasteiger charge is 2.00. The number of hydrogen-bond donors (Lipinski definition) is 4. The van der Waals surface area contributed by atoms with Crippen molar-refractivity contribution in [2.45, 2.75) is 25.7 Å². The number of carboxylic acids is 4. The van der Waals surface area contributed by atoms with Crippen molar-refractivity contribution in [1.82, 2.24) is 0 Å². The first-order valence-electron chi connectivity index (χ1n) is 4.13. The van der Waals surface area contributed by atoms with Crippen molar-refractivity contribution >= 4 is 37.4 Å². The van der Waals surface area contributed by atoms with Crippen molar-refractivity contribution < 1.29 is 39.6 Å². The number of rotatable bonds is 6. The summed E-state index contributed by atoms with van der Waals surface area (Å²) >= 11 is 0. The highest BCUT2D eigenvalue weighted by atomic mass is 32.1. The summed E-state index contributed by atoms with van der Waals surface area (Å²) in [7, 11) is 0. The third-order valence-electron chi connectivity index (χ3n) is 1.11. The smallest absolute Gasteiger partial charge is 0.303 e. The van der Waals surface area contributed by atoms with E-state index in [1.807, 2.05) is 0 Å². The minimum atomic E-state index is -1.08. The Morgan fingerprint density at radius 2 is 0.647 bits per heavy atom. The minimum absolute atomic E-state index is 0. The van der Waals surface area contributed by atoms with Crippen LogP contribution in [0.5, 0.6) is 0 Å². The number of carboxylic acid groups (broad SMARTS) is 4. The molecule has 0 rings (SSSR count). The molecule has 0 unspecified atom stereocenters. The van der Waals surface area contributed by atoms with Crippen LogP contribution in [0, 0.1) is 0 Å². The van der Waals surface area contributed by atoms with Gasteiger partial charge in [-0.25, -0.2) is 0 Å². The molecule has 9 heteroatoms. The van der Waals surface area contributed by atoms with E-state index in [0.29, 0.717) is 0 Å². The molecule has 0 aliphatic heterocycles. The number of carbonyl (C=O) groups is 4. The molecule has 0 amide bonds. The summed E-state index contributed by atoms with van der Waals surface area (Å²) in [5.41, 5.74) is 0. The second kappa shape index (κ2) is 12.3. The molecule has 0 saturated heterocycles. The summed E-state index contributed by atoms with van der Waals surface area (Å²) in [5.74, 6) is -4.31. The zero-order valence-electron chi connectivity index (χ0n) is 8.75. The molecule has 0 aromatic heterocycles. The SMILES string of the molecule is O=C(O)CCC(=O)O.O=C(O)CCC(=O)O.S. The Bertz CT molecular complexity index is 219. The van der Waals surface area contributed by atoms with Gasteiger partial charge in [0.15, 0.2) is 0 Å². The summed E-state index contributed by atoms with van der Waals surface area (Å²) in [5, 5.41) is 31.6. The Morgan fingerprint density at radius 1 is 0.529 bits per heavy atom. The van der Waals surface area contributed by atoms with Crippen LogP contribution in [0.1, 0.15) is 25.7 Å². The molecule has 0 saturated carbocycles. The van der Waals surface area contributed by atoms with Crippen LogP contribution in [0.25, 0.3) is 0 Å². The Kier molecular flexibility index (Phi) is 14.9. The maximum absolute atomic E-state index is 9.64. The minimum Gasteiger partial charge on any atom is -0.481 e. The molecule has 0 atom stereocenters. The van der Waals surface area contributed by atoms with Gasteiger partial charge in [0, 0.05) is 0 Å². The van der Waals surface area contributed by atoms with E-state index in [4.69, 9.17) is 20.4 Å². The fourth-order valence-electron chi connectivity index (χ4n) is 0.428. The largest absolute Gasteiger partial charge is 0.481 e. The van der Waals surface area contributed by atoms with Crippen molar-refractivity contribution in [3.63, 3.8) is 0 Å². The third-order valence-corrected chi connectivity index (χ3v) is 1.11. The average Bonchev–Trinajstić information content (AvgIpc) is 2.12. The van der Waals surface area contributed by atoms with Gasteiger partial charge < -0.3 is 20.4 Å². The standard InChI is InChI=1S/2C4H6O4.H2S/c2*5-3(6)1-2-4(7)8;/h2*1-2H2,(H,5,6)(H,7,8);1H2. The molecular formula is C8H14O8S. The molecular weight excluding hydrogens is 256 g/mol. The van der Waals surface area contributed by atoms with Gasteiger partial charge in [-0.15, -0.1) is 0 Å². The maximum Gasteiger partial charge on any atom is 0.303 e. The molecule has 0 aliphatic carbocycles. The van der Waals surface area contributed by atoms with E-state index in [0.717, 1.165) is 0 Å². The van der Waals surface area contributed by atoms with Gasteiger partial charge in [-0.05, 0) is 0 Å². The Labute approximate surface area is 103 Å². The quantitative estimate of drug-likeness (QED) is 0.526. The Balaban J connectivity index is -0.000000218. The highest BCUT2D eigenvalue weighted by Crippen LogP contribution is 1.86. The first-order chi connectivity index (χ1) is 7.25. The van der Waals surface area contributed by atoms with E-state index in [1.54, 1.807) is 0 Å². The Morgan fingerprint density at radius 3 is 0.706 bits per heavy atom. The summed E-state index contributed by atoms with van der Waals surface area (Å²) in [6.07, 6.45) is -1.19. The lowest BCUT2D eigenvalue weighted by Crippen LogP contribution is -2.00. The van der Waals surface area contributed by atoms with E-state index >= 15 is 0 Å². The van der Waals surface area contributed by atoms with E-state index in [9.17, 15) is 19.2 Å². The molecule has 8 nitrogen and oxygen atoms in total. The highest BCUT2D eigenvalue weighted by molar-refractivity contribution is 7.59. The number of hydrogen-bond acceptors (Lipinski definition) is 4. The zero-order valence-corrected chi connectivity index (χ0v) is 9.75. The van der Waals surface area contributed by atoms with Crippen LogP contribution < -0.4 is 0 Å². The van der Waals surface area contributed by atoms with Crippen LogP contribution in [0.2, 0.25) is 0 Å². The van der Waals surface area contributed by atoms with Gasteiger partial charge in [-0.1, -0.05) is 0 Å². The fraction of sp³-hybridized carbons (Fsp3) is 0.500. The van der Waals surface area contributed by atoms with Crippen molar-refractivity contribution in [2.75, 3.05) is 0 Å². The van der Waals surface area contributed by atoms with Crippen LogP contribution in [-0.2, 0) is 19.2 Å². The van der Waals surface area contributed by atoms with Crippen LogP contribution in [-0.4, -0.2) is 44.3 Å². The lowest BCUT2D eigenvalue weighted by atomic mass is 10.3. The molecule has 4 N–H and O–H groups in total. The molecule has 17 heavy (non-hydrogen) atoms. The van der Waals surface area contributed by atoms with Crippen molar-refractivity contribution in [1.29, 1.82) is 0 Å². The first-order valence-corrected chi connectivity index (χ1v) is 4.13. The van der Waals surface area contributed by atoms with Gasteiger partial charge in [-0.2, -0.15) is 13.5 Å². The number of aliphatic carboxylic acids is 4. The summed E-state index contributed by atoms with van der Waals surface area (Å²) < 4.78 is 0. The van der Waals surface area contributed by atoms with Crippen LogP contribution in [0.4, 0.5) is 0 Å². The summed E-state index contributed by atoms with van der Waals surface area (Å²) in [6.45, 7) is 0. The van der Waals surface area contributed by atoms with Gasteiger partial charge in [-0.3, -0.25) is 19.2 Å². The summed E-state index contributed by atoms with van der Waals surface area (Å²) in [4.78, 5) is 38.6. The third kappa shape index (κ3) is 31.4. The predicted molar refractivity (Wildman–Crippen MR) is 59.4 cm³/mol. The van der Waals surface area contributed by atoms with Gasteiger partial charge in [0.2, 0.25) is 0 Å². The molecule has 0 heterocycles. The van der Waals surface area contributed by atoms with Gasteiger partial charge in [0.1, 0.15) is 0 Å². The normalized spacial score (nSPS) is 8.00. The van der Waals surface area contributed by atoms with Crippen LogP contribution >= 0.6 is 13.5 Å². The summed E-state index contributed by atoms with van der Waals surface area (Å²) in [6, 6.07) is 0. The van der Waals surface area contributed by atoms with Gasteiger partial charge >= 0.3 is 23.9 Å². The Hall–Kier alpha value is -1.77. The van der Waals surface area contributed by atoms with Crippen LogP contribution in [0.15, 0.2) is 0 Å². The van der Waals surface area contributed by atoms with E-state index < -0.39 is 23.9 Å². The zero-order chi connectivity index (χ0) is 13.1. The lowest BCUT2D eigenvalue weighted by molar-refractivity contribution is -0.143. The molecule has 0 radical (unpaired) electrons. The second-order valence-electron chi connectivity index (χ2n) is 2.57. The van der Waals surface area contributed by atoms with E-state index in [-0.39, 0.29) is 39.2 Å². The molecule has 0 bridgehead atoms. The average molecular weight is 270 g/mol. The van der Waals surface area contributed by atoms with Gasteiger partial charge in [0.05, 0.1) is 25.7 Å². The molecule has 100 valence electrons. The molecule has 0 fully saturated rings. The molecule has 0 aliphatic rings.